The normalized spacial score (nSPS) is 42.5. The van der Waals surface area contributed by atoms with Gasteiger partial charge in [-0.1, -0.05) is 32.1 Å². The number of fused-ring (bicyclic) bond motifs is 5. The molecule has 0 heterocycles. The second-order valence-corrected chi connectivity index (χ2v) is 10.2. The first-order chi connectivity index (χ1) is 13.4. The van der Waals surface area contributed by atoms with Gasteiger partial charge in [0.2, 0.25) is 0 Å². The van der Waals surface area contributed by atoms with Crippen LogP contribution in [0.5, 0.6) is 0 Å². The summed E-state index contributed by atoms with van der Waals surface area (Å²) in [6.45, 7) is 11.0. The number of Topliss-reactive ketones (excluding diaryl/α,β-unsaturated/α-hetero) is 1. The van der Waals surface area contributed by atoms with Gasteiger partial charge >= 0.3 is 0 Å². The van der Waals surface area contributed by atoms with E-state index in [1.807, 2.05) is 7.05 Å². The summed E-state index contributed by atoms with van der Waals surface area (Å²) in [5, 5.41) is 3.15. The van der Waals surface area contributed by atoms with Crippen LogP contribution >= 0.6 is 0 Å². The van der Waals surface area contributed by atoms with Gasteiger partial charge < -0.3 is 5.32 Å². The van der Waals surface area contributed by atoms with Crippen LogP contribution in [0.15, 0.2) is 23.9 Å². The second-order valence-electron chi connectivity index (χ2n) is 10.2. The van der Waals surface area contributed by atoms with Crippen LogP contribution in [0.2, 0.25) is 0 Å². The summed E-state index contributed by atoms with van der Waals surface area (Å²) in [5.74, 6) is 2.92. The molecule has 0 bridgehead atoms. The van der Waals surface area contributed by atoms with Crippen molar-refractivity contribution in [1.29, 1.82) is 0 Å². The molecule has 0 aliphatic heterocycles. The van der Waals surface area contributed by atoms with Crippen molar-refractivity contribution in [2.24, 2.45) is 34.5 Å². The van der Waals surface area contributed by atoms with E-state index in [1.54, 1.807) is 0 Å². The van der Waals surface area contributed by atoms with Crippen LogP contribution in [-0.2, 0) is 9.63 Å². The average Bonchev–Trinajstić information content (AvgIpc) is 2.98. The van der Waals surface area contributed by atoms with Gasteiger partial charge in [-0.2, -0.15) is 0 Å². The third kappa shape index (κ3) is 3.17. The summed E-state index contributed by atoms with van der Waals surface area (Å²) >= 11 is 0. The summed E-state index contributed by atoms with van der Waals surface area (Å²) in [5.41, 5.74) is 6.05. The molecule has 4 nitrogen and oxygen atoms in total. The van der Waals surface area contributed by atoms with Gasteiger partial charge in [-0.05, 0) is 81.7 Å². The van der Waals surface area contributed by atoms with Crippen molar-refractivity contribution in [2.45, 2.75) is 65.2 Å². The number of allylic oxidation sites excluding steroid dienone is 3. The third-order valence-electron chi connectivity index (χ3n) is 8.82. The molecule has 4 aliphatic rings. The monoisotopic (exact) mass is 386 g/mol. The number of hydrogen-bond acceptors (Lipinski definition) is 4. The fourth-order valence-corrected chi connectivity index (χ4v) is 7.18. The molecule has 4 rings (SSSR count). The quantitative estimate of drug-likeness (QED) is 0.404. The summed E-state index contributed by atoms with van der Waals surface area (Å²) in [7, 11) is 1.97. The van der Waals surface area contributed by atoms with E-state index in [1.165, 1.54) is 24.1 Å². The Kier molecular flexibility index (Phi) is 5.47. The van der Waals surface area contributed by atoms with Gasteiger partial charge in [0.25, 0.3) is 0 Å². The molecule has 3 fully saturated rings. The predicted octanol–water partition coefficient (Wildman–Crippen LogP) is 4.39. The van der Waals surface area contributed by atoms with E-state index < -0.39 is 0 Å². The molecule has 1 unspecified atom stereocenters. The minimum absolute atomic E-state index is 0.0525. The molecule has 0 aromatic carbocycles. The highest BCUT2D eigenvalue weighted by atomic mass is 16.6. The highest BCUT2D eigenvalue weighted by Gasteiger charge is 2.60. The molecule has 2 N–H and O–H groups in total. The molecule has 4 heteroatoms. The molecule has 0 amide bonds. The Morgan fingerprint density at radius 3 is 2.82 bits per heavy atom. The largest absolute Gasteiger partial charge is 0.320 e. The lowest BCUT2D eigenvalue weighted by Crippen LogP contribution is -2.53. The maximum Gasteiger partial charge on any atom is 0.139 e. The van der Waals surface area contributed by atoms with Gasteiger partial charge in [0.1, 0.15) is 5.78 Å². The van der Waals surface area contributed by atoms with E-state index in [9.17, 15) is 4.79 Å². The number of carbonyl (C=O) groups excluding carboxylic acids is 1. The van der Waals surface area contributed by atoms with E-state index in [-0.39, 0.29) is 10.8 Å². The molecule has 0 radical (unpaired) electrons. The highest BCUT2D eigenvalue weighted by Crippen LogP contribution is 2.65. The van der Waals surface area contributed by atoms with Crippen LogP contribution in [-0.4, -0.2) is 26.0 Å². The topological polar surface area (TPSA) is 50.4 Å². The van der Waals surface area contributed by atoms with Gasteiger partial charge in [-0.25, -0.2) is 0 Å². The van der Waals surface area contributed by atoms with Crippen LogP contribution in [0.25, 0.3) is 0 Å². The molecule has 0 spiro atoms. The fourth-order valence-electron chi connectivity index (χ4n) is 7.18. The minimum atomic E-state index is -0.0525. The molecule has 3 saturated carbocycles. The van der Waals surface area contributed by atoms with Crippen molar-refractivity contribution in [3.8, 4) is 0 Å². The van der Waals surface area contributed by atoms with E-state index in [0.717, 1.165) is 57.6 Å². The molecular weight excluding hydrogens is 348 g/mol. The lowest BCUT2D eigenvalue weighted by Gasteiger charge is -2.59. The molecule has 4 aliphatic carbocycles. The molecule has 0 aromatic heterocycles. The Balaban J connectivity index is 1.48. The molecule has 0 saturated heterocycles. The fraction of sp³-hybridized carbons (Fsp3) is 0.792. The zero-order valence-electron chi connectivity index (χ0n) is 18.0. The third-order valence-corrected chi connectivity index (χ3v) is 8.82. The Labute approximate surface area is 170 Å². The van der Waals surface area contributed by atoms with Crippen LogP contribution < -0.4 is 10.8 Å². The smallest absolute Gasteiger partial charge is 0.139 e. The van der Waals surface area contributed by atoms with Crippen LogP contribution in [0, 0.1) is 34.5 Å². The summed E-state index contributed by atoms with van der Waals surface area (Å²) in [6.07, 6.45) is 11.0. The van der Waals surface area contributed by atoms with Crippen LogP contribution in [0.3, 0.4) is 0 Å². The van der Waals surface area contributed by atoms with Gasteiger partial charge in [0, 0.05) is 23.5 Å². The predicted molar refractivity (Wildman–Crippen MR) is 112 cm³/mol. The highest BCUT2D eigenvalue weighted by molar-refractivity contribution is 5.87. The van der Waals surface area contributed by atoms with Gasteiger partial charge in [-0.15, -0.1) is 0 Å². The van der Waals surface area contributed by atoms with Crippen molar-refractivity contribution in [3.05, 3.63) is 23.9 Å². The second kappa shape index (κ2) is 7.60. The standard InChI is InChI=1S/C24H38N2O2/c1-16-14-18-19-6-7-22(27)24(19,3)11-9-20(18)23(2)10-8-17(15-21(16)23)26-28-13-5-12-25-4/h15,18-21,25-26H,1,5-14H2,2-4H3/t18-,19-,20+,21?,23+,24-/m0/s1. The van der Waals surface area contributed by atoms with Crippen molar-refractivity contribution < 1.29 is 9.63 Å². The number of hydroxylamine groups is 1. The van der Waals surface area contributed by atoms with Crippen molar-refractivity contribution in [2.75, 3.05) is 20.2 Å². The first-order valence-corrected chi connectivity index (χ1v) is 11.3. The maximum absolute atomic E-state index is 12.6. The van der Waals surface area contributed by atoms with E-state index in [4.69, 9.17) is 4.84 Å². The van der Waals surface area contributed by atoms with Gasteiger partial charge in [0.15, 0.2) is 0 Å². The summed E-state index contributed by atoms with van der Waals surface area (Å²) in [4.78, 5) is 18.3. The van der Waals surface area contributed by atoms with Crippen molar-refractivity contribution in [1.82, 2.24) is 10.8 Å². The number of hydrogen-bond donors (Lipinski definition) is 2. The molecule has 0 aromatic rings. The number of nitrogens with one attached hydrogen (secondary N) is 2. The maximum atomic E-state index is 12.6. The SMILES string of the molecule is C=C1C[C@@H]2[C@@H](CC[C@]3(C)C(=O)CC[C@@H]23)[C@@]2(C)CCC(NOCCCNC)=CC12. The Hall–Kier alpha value is -1.13. The van der Waals surface area contributed by atoms with Gasteiger partial charge in [0.05, 0.1) is 6.61 Å². The lowest BCUT2D eigenvalue weighted by molar-refractivity contribution is -0.133. The summed E-state index contributed by atoms with van der Waals surface area (Å²) < 4.78 is 0. The first kappa shape index (κ1) is 20.2. The first-order valence-electron chi connectivity index (χ1n) is 11.3. The Morgan fingerprint density at radius 2 is 2.04 bits per heavy atom. The van der Waals surface area contributed by atoms with Crippen LogP contribution in [0.4, 0.5) is 0 Å². The van der Waals surface area contributed by atoms with Crippen LogP contribution in [0.1, 0.15) is 65.2 Å². The van der Waals surface area contributed by atoms with E-state index in [2.05, 4.69) is 37.3 Å². The Bertz CT molecular complexity index is 672. The number of ketones is 1. The molecule has 6 atom stereocenters. The zero-order valence-corrected chi connectivity index (χ0v) is 18.0. The van der Waals surface area contributed by atoms with E-state index in [0.29, 0.717) is 23.5 Å². The average molecular weight is 387 g/mol. The molecule has 156 valence electrons. The Morgan fingerprint density at radius 1 is 1.21 bits per heavy atom. The molecular formula is C24H38N2O2. The number of rotatable bonds is 6. The minimum Gasteiger partial charge on any atom is -0.320 e. The van der Waals surface area contributed by atoms with Crippen molar-refractivity contribution >= 4 is 5.78 Å². The van der Waals surface area contributed by atoms with E-state index >= 15 is 0 Å². The van der Waals surface area contributed by atoms with Gasteiger partial charge in [-0.3, -0.25) is 15.1 Å². The molecule has 28 heavy (non-hydrogen) atoms. The zero-order chi connectivity index (χ0) is 19.9. The summed E-state index contributed by atoms with van der Waals surface area (Å²) in [6, 6.07) is 0. The lowest BCUT2D eigenvalue weighted by atomic mass is 9.45. The number of carbonyl (C=O) groups is 1. The van der Waals surface area contributed by atoms with Crippen molar-refractivity contribution in [3.63, 3.8) is 0 Å².